The lowest BCUT2D eigenvalue weighted by Gasteiger charge is -2.27. The molecule has 0 aromatic carbocycles. The predicted octanol–water partition coefficient (Wildman–Crippen LogP) is 2.02. The van der Waals surface area contributed by atoms with Gasteiger partial charge in [-0.05, 0) is 30.9 Å². The van der Waals surface area contributed by atoms with Crippen molar-refractivity contribution in [2.24, 2.45) is 11.8 Å². The maximum Gasteiger partial charge on any atom is 0.320 e. The number of urea groups is 1. The number of carboxylic acid groups (broad SMARTS) is 1. The van der Waals surface area contributed by atoms with Gasteiger partial charge < -0.3 is 19.3 Å². The number of rotatable bonds is 4. The van der Waals surface area contributed by atoms with Crippen LogP contribution in [-0.4, -0.2) is 46.0 Å². The highest BCUT2D eigenvalue weighted by Crippen LogP contribution is 2.32. The van der Waals surface area contributed by atoms with E-state index >= 15 is 0 Å². The first kappa shape index (κ1) is 14.0. The Morgan fingerprint density at radius 1 is 1.43 bits per heavy atom. The molecule has 6 heteroatoms. The molecule has 0 radical (unpaired) electrons. The Hall–Kier alpha value is -1.98. The molecule has 0 bridgehead atoms. The summed E-state index contributed by atoms with van der Waals surface area (Å²) in [4.78, 5) is 27.4. The van der Waals surface area contributed by atoms with Crippen molar-refractivity contribution in [2.45, 2.75) is 32.4 Å². The van der Waals surface area contributed by atoms with Gasteiger partial charge in [-0.2, -0.15) is 0 Å². The molecule has 2 atom stereocenters. The van der Waals surface area contributed by atoms with E-state index in [1.807, 2.05) is 24.0 Å². The molecule has 21 heavy (non-hydrogen) atoms. The largest absolute Gasteiger partial charge is 0.481 e. The number of furan rings is 1. The van der Waals surface area contributed by atoms with Crippen molar-refractivity contribution in [1.29, 1.82) is 0 Å². The van der Waals surface area contributed by atoms with Crippen LogP contribution >= 0.6 is 0 Å². The summed E-state index contributed by atoms with van der Waals surface area (Å²) in [5, 5.41) is 9.18. The van der Waals surface area contributed by atoms with Gasteiger partial charge in [0, 0.05) is 19.1 Å². The molecule has 1 aromatic rings. The summed E-state index contributed by atoms with van der Waals surface area (Å²) in [6.45, 7) is 3.16. The third kappa shape index (κ3) is 2.89. The lowest BCUT2D eigenvalue weighted by Crippen LogP contribution is -2.43. The smallest absolute Gasteiger partial charge is 0.320 e. The number of likely N-dealkylation sites (tertiary alicyclic amines) is 1. The summed E-state index contributed by atoms with van der Waals surface area (Å²) >= 11 is 0. The van der Waals surface area contributed by atoms with Gasteiger partial charge in [0.1, 0.15) is 5.76 Å². The van der Waals surface area contributed by atoms with Crippen LogP contribution in [0.3, 0.4) is 0 Å². The lowest BCUT2D eigenvalue weighted by molar-refractivity contribution is -0.142. The van der Waals surface area contributed by atoms with Crippen molar-refractivity contribution in [1.82, 2.24) is 9.80 Å². The summed E-state index contributed by atoms with van der Waals surface area (Å²) in [6.07, 6.45) is 3.62. The number of hydrogen-bond acceptors (Lipinski definition) is 3. The molecule has 0 spiro atoms. The Labute approximate surface area is 123 Å². The molecule has 2 heterocycles. The number of aliphatic carboxylic acids is 1. The van der Waals surface area contributed by atoms with E-state index in [2.05, 4.69) is 0 Å². The Morgan fingerprint density at radius 2 is 2.19 bits per heavy atom. The van der Waals surface area contributed by atoms with Crippen molar-refractivity contribution in [3.8, 4) is 0 Å². The molecule has 1 aliphatic heterocycles. The summed E-state index contributed by atoms with van der Waals surface area (Å²) < 4.78 is 5.33. The van der Waals surface area contributed by atoms with E-state index in [0.29, 0.717) is 19.6 Å². The standard InChI is InChI=1S/C15H20N2O4/c1-10-7-16(9-13(10)14(18)19)15(20)17(11-4-5-11)8-12-3-2-6-21-12/h2-3,6,10-11,13H,4-5,7-9H2,1H3,(H,18,19)/t10-,13-/m1/s1. The normalized spacial score (nSPS) is 25.1. The van der Waals surface area contributed by atoms with Crippen molar-refractivity contribution in [2.75, 3.05) is 13.1 Å². The molecule has 0 unspecified atom stereocenters. The summed E-state index contributed by atoms with van der Waals surface area (Å²) in [5.41, 5.74) is 0. The molecule has 2 amide bonds. The average Bonchev–Trinajstić information content (AvgIpc) is 3.00. The van der Waals surface area contributed by atoms with E-state index in [1.54, 1.807) is 11.2 Å². The maximum absolute atomic E-state index is 12.7. The Morgan fingerprint density at radius 3 is 2.71 bits per heavy atom. The first-order chi connectivity index (χ1) is 10.1. The van der Waals surface area contributed by atoms with Crippen molar-refractivity contribution in [3.05, 3.63) is 24.2 Å². The molecular formula is C15H20N2O4. The Bertz CT molecular complexity index is 524. The molecular weight excluding hydrogens is 272 g/mol. The zero-order valence-corrected chi connectivity index (χ0v) is 12.1. The van der Waals surface area contributed by atoms with Crippen LogP contribution in [0.15, 0.2) is 22.8 Å². The first-order valence-electron chi connectivity index (χ1n) is 7.37. The maximum atomic E-state index is 12.7. The number of carbonyl (C=O) groups is 2. The number of nitrogens with zero attached hydrogens (tertiary/aromatic N) is 2. The molecule has 2 aliphatic rings. The summed E-state index contributed by atoms with van der Waals surface area (Å²) in [6, 6.07) is 3.87. The van der Waals surface area contributed by atoms with Gasteiger partial charge in [-0.25, -0.2) is 4.79 Å². The van der Waals surface area contributed by atoms with Crippen LogP contribution in [0.25, 0.3) is 0 Å². The zero-order valence-electron chi connectivity index (χ0n) is 12.1. The second kappa shape index (κ2) is 5.42. The highest BCUT2D eigenvalue weighted by atomic mass is 16.4. The summed E-state index contributed by atoms with van der Waals surface area (Å²) in [5.74, 6) is -0.520. The fraction of sp³-hybridized carbons (Fsp3) is 0.600. The number of carboxylic acids is 1. The lowest BCUT2D eigenvalue weighted by atomic mass is 9.99. The van der Waals surface area contributed by atoms with Gasteiger partial charge in [0.2, 0.25) is 0 Å². The third-order valence-electron chi connectivity index (χ3n) is 4.34. The van der Waals surface area contributed by atoms with E-state index in [1.165, 1.54) is 0 Å². The van der Waals surface area contributed by atoms with E-state index in [9.17, 15) is 14.7 Å². The number of carbonyl (C=O) groups excluding carboxylic acids is 1. The molecule has 1 aliphatic carbocycles. The zero-order chi connectivity index (χ0) is 15.0. The quantitative estimate of drug-likeness (QED) is 0.921. The molecule has 6 nitrogen and oxygen atoms in total. The molecule has 3 rings (SSSR count). The van der Waals surface area contributed by atoms with Crippen LogP contribution in [0, 0.1) is 11.8 Å². The van der Waals surface area contributed by atoms with Gasteiger partial charge in [0.25, 0.3) is 0 Å². The fourth-order valence-electron chi connectivity index (χ4n) is 2.94. The fourth-order valence-corrected chi connectivity index (χ4v) is 2.94. The highest BCUT2D eigenvalue weighted by Gasteiger charge is 2.41. The van der Waals surface area contributed by atoms with Crippen LogP contribution in [0.1, 0.15) is 25.5 Å². The number of amides is 2. The van der Waals surface area contributed by atoms with Gasteiger partial charge in [-0.15, -0.1) is 0 Å². The van der Waals surface area contributed by atoms with Crippen molar-refractivity contribution in [3.63, 3.8) is 0 Å². The molecule has 1 saturated heterocycles. The van der Waals surface area contributed by atoms with Crippen molar-refractivity contribution >= 4 is 12.0 Å². The van der Waals surface area contributed by atoms with E-state index in [4.69, 9.17) is 4.42 Å². The minimum absolute atomic E-state index is 0.00360. The van der Waals surface area contributed by atoms with Gasteiger partial charge in [-0.1, -0.05) is 6.92 Å². The highest BCUT2D eigenvalue weighted by molar-refractivity contribution is 5.78. The van der Waals surface area contributed by atoms with E-state index in [-0.39, 0.29) is 18.0 Å². The second-order valence-corrected chi connectivity index (χ2v) is 6.05. The Kier molecular flexibility index (Phi) is 3.61. The van der Waals surface area contributed by atoms with Crippen LogP contribution in [-0.2, 0) is 11.3 Å². The van der Waals surface area contributed by atoms with Crippen LogP contribution in [0.5, 0.6) is 0 Å². The minimum atomic E-state index is -0.818. The first-order valence-corrected chi connectivity index (χ1v) is 7.37. The van der Waals surface area contributed by atoms with E-state index < -0.39 is 11.9 Å². The summed E-state index contributed by atoms with van der Waals surface area (Å²) in [7, 11) is 0. The SMILES string of the molecule is C[C@@H]1CN(C(=O)N(Cc2ccco2)C2CC2)C[C@H]1C(=O)O. The van der Waals surface area contributed by atoms with Crippen LogP contribution in [0.4, 0.5) is 4.79 Å². The molecule has 1 N–H and O–H groups in total. The third-order valence-corrected chi connectivity index (χ3v) is 4.34. The molecule has 1 saturated carbocycles. The molecule has 2 fully saturated rings. The van der Waals surface area contributed by atoms with Gasteiger partial charge in [-0.3, -0.25) is 4.79 Å². The molecule has 114 valence electrons. The Balaban J connectivity index is 1.69. The van der Waals surface area contributed by atoms with Gasteiger partial charge in [0.05, 0.1) is 18.7 Å². The monoisotopic (exact) mass is 292 g/mol. The van der Waals surface area contributed by atoms with Gasteiger partial charge >= 0.3 is 12.0 Å². The van der Waals surface area contributed by atoms with Crippen LogP contribution in [0.2, 0.25) is 0 Å². The predicted molar refractivity (Wildman–Crippen MR) is 74.5 cm³/mol. The van der Waals surface area contributed by atoms with Gasteiger partial charge in [0.15, 0.2) is 0 Å². The van der Waals surface area contributed by atoms with Crippen LogP contribution < -0.4 is 0 Å². The second-order valence-electron chi connectivity index (χ2n) is 6.05. The van der Waals surface area contributed by atoms with Crippen molar-refractivity contribution < 1.29 is 19.1 Å². The minimum Gasteiger partial charge on any atom is -0.481 e. The molecule has 1 aromatic heterocycles. The average molecular weight is 292 g/mol. The topological polar surface area (TPSA) is 74.0 Å². The number of hydrogen-bond donors (Lipinski definition) is 1. The van der Waals surface area contributed by atoms with E-state index in [0.717, 1.165) is 18.6 Å².